The van der Waals surface area contributed by atoms with Crippen LogP contribution in [0, 0.1) is 11.6 Å². The predicted molar refractivity (Wildman–Crippen MR) is 101 cm³/mol. The molecule has 0 aliphatic carbocycles. The minimum Gasteiger partial charge on any atom is -0.368 e. The highest BCUT2D eigenvalue weighted by Crippen LogP contribution is 2.24. The number of benzene rings is 1. The van der Waals surface area contributed by atoms with Crippen LogP contribution in [0.15, 0.2) is 41.3 Å². The van der Waals surface area contributed by atoms with Crippen LogP contribution in [0.1, 0.15) is 12.5 Å². The van der Waals surface area contributed by atoms with Gasteiger partial charge in [-0.05, 0) is 36.2 Å². The highest BCUT2D eigenvalue weighted by atomic mass is 19.2. The number of rotatable bonds is 3. The van der Waals surface area contributed by atoms with Crippen molar-refractivity contribution in [1.82, 2.24) is 14.7 Å². The highest BCUT2D eigenvalue weighted by molar-refractivity contribution is 5.63. The lowest BCUT2D eigenvalue weighted by Gasteiger charge is -2.29. The van der Waals surface area contributed by atoms with Crippen LogP contribution in [-0.2, 0) is 6.42 Å². The van der Waals surface area contributed by atoms with E-state index in [1.54, 1.807) is 25.3 Å². The number of anilines is 1. The normalized spacial score (nSPS) is 14.7. The standard InChI is InChI=1S/C20H20F2N4O/c1-2-13-9-14(10-16(21)20(13)22)17-11-19(27)26-12-15(3-4-18(26)24-17)25-7-5-23-6-8-25/h3-4,9-12,23H,2,5-8H2,1H3. The van der Waals surface area contributed by atoms with Crippen molar-refractivity contribution in [3.05, 3.63) is 64.1 Å². The van der Waals surface area contributed by atoms with Gasteiger partial charge in [0.15, 0.2) is 11.6 Å². The minimum atomic E-state index is -0.930. The van der Waals surface area contributed by atoms with E-state index in [0.29, 0.717) is 23.3 Å². The van der Waals surface area contributed by atoms with Gasteiger partial charge >= 0.3 is 0 Å². The van der Waals surface area contributed by atoms with Crippen LogP contribution in [0.5, 0.6) is 0 Å². The number of aromatic nitrogens is 2. The molecule has 1 aliphatic heterocycles. The summed E-state index contributed by atoms with van der Waals surface area (Å²) in [6.07, 6.45) is 2.14. The van der Waals surface area contributed by atoms with Crippen molar-refractivity contribution in [2.75, 3.05) is 31.1 Å². The Hall–Kier alpha value is -2.80. The van der Waals surface area contributed by atoms with E-state index < -0.39 is 11.6 Å². The molecular weight excluding hydrogens is 350 g/mol. The molecule has 1 aliphatic rings. The fraction of sp³-hybridized carbons (Fsp3) is 0.300. The molecule has 1 aromatic carbocycles. The van der Waals surface area contributed by atoms with Crippen molar-refractivity contribution >= 4 is 11.3 Å². The zero-order chi connectivity index (χ0) is 19.0. The van der Waals surface area contributed by atoms with E-state index in [9.17, 15) is 13.6 Å². The summed E-state index contributed by atoms with van der Waals surface area (Å²) in [5.74, 6) is -1.78. The second kappa shape index (κ2) is 7.08. The van der Waals surface area contributed by atoms with Crippen LogP contribution < -0.4 is 15.8 Å². The number of halogens is 2. The van der Waals surface area contributed by atoms with Crippen molar-refractivity contribution in [2.24, 2.45) is 0 Å². The van der Waals surface area contributed by atoms with Crippen LogP contribution >= 0.6 is 0 Å². The van der Waals surface area contributed by atoms with E-state index in [-0.39, 0.29) is 11.1 Å². The van der Waals surface area contributed by atoms with Gasteiger partial charge < -0.3 is 10.2 Å². The number of nitrogens with zero attached hydrogens (tertiary/aromatic N) is 3. The molecule has 4 rings (SSSR count). The van der Waals surface area contributed by atoms with Crippen molar-refractivity contribution in [1.29, 1.82) is 0 Å². The third kappa shape index (κ3) is 3.30. The van der Waals surface area contributed by atoms with Gasteiger partial charge in [0.1, 0.15) is 5.65 Å². The average Bonchev–Trinajstić information content (AvgIpc) is 2.70. The van der Waals surface area contributed by atoms with E-state index >= 15 is 0 Å². The van der Waals surface area contributed by atoms with Gasteiger partial charge in [0.05, 0.1) is 11.4 Å². The molecule has 0 bridgehead atoms. The van der Waals surface area contributed by atoms with Gasteiger partial charge in [-0.15, -0.1) is 0 Å². The summed E-state index contributed by atoms with van der Waals surface area (Å²) in [7, 11) is 0. The maximum absolute atomic E-state index is 13.9. The molecule has 0 unspecified atom stereocenters. The number of pyridine rings is 1. The highest BCUT2D eigenvalue weighted by Gasteiger charge is 2.14. The van der Waals surface area contributed by atoms with E-state index in [1.165, 1.54) is 10.5 Å². The molecule has 140 valence electrons. The molecule has 0 spiro atoms. The second-order valence-electron chi connectivity index (χ2n) is 6.62. The third-order valence-corrected chi connectivity index (χ3v) is 4.91. The lowest BCUT2D eigenvalue weighted by molar-refractivity contribution is 0.500. The Bertz CT molecular complexity index is 1060. The third-order valence-electron chi connectivity index (χ3n) is 4.91. The Morgan fingerprint density at radius 1 is 1.15 bits per heavy atom. The molecule has 0 saturated carbocycles. The van der Waals surface area contributed by atoms with Crippen LogP contribution in [0.3, 0.4) is 0 Å². The van der Waals surface area contributed by atoms with E-state index in [1.807, 2.05) is 6.07 Å². The largest absolute Gasteiger partial charge is 0.368 e. The molecule has 1 saturated heterocycles. The number of hydrogen-bond donors (Lipinski definition) is 1. The second-order valence-corrected chi connectivity index (χ2v) is 6.62. The van der Waals surface area contributed by atoms with Crippen LogP contribution in [-0.4, -0.2) is 35.6 Å². The molecule has 0 radical (unpaired) electrons. The Morgan fingerprint density at radius 2 is 1.93 bits per heavy atom. The van der Waals surface area contributed by atoms with Crippen LogP contribution in [0.4, 0.5) is 14.5 Å². The maximum atomic E-state index is 13.9. The predicted octanol–water partition coefficient (Wildman–Crippen LogP) is 2.61. The molecule has 5 nitrogen and oxygen atoms in total. The monoisotopic (exact) mass is 370 g/mol. The Morgan fingerprint density at radius 3 is 2.67 bits per heavy atom. The zero-order valence-corrected chi connectivity index (χ0v) is 15.0. The molecule has 1 fully saturated rings. The van der Waals surface area contributed by atoms with E-state index in [2.05, 4.69) is 15.2 Å². The van der Waals surface area contributed by atoms with Gasteiger partial charge in [0.2, 0.25) is 0 Å². The van der Waals surface area contributed by atoms with Crippen molar-refractivity contribution in [3.8, 4) is 11.3 Å². The number of aryl methyl sites for hydroxylation is 1. The van der Waals surface area contributed by atoms with Gasteiger partial charge in [-0.25, -0.2) is 13.8 Å². The van der Waals surface area contributed by atoms with Gasteiger partial charge in [0.25, 0.3) is 5.56 Å². The zero-order valence-electron chi connectivity index (χ0n) is 15.0. The molecule has 3 aromatic rings. The summed E-state index contributed by atoms with van der Waals surface area (Å²) in [6.45, 7) is 5.31. The lowest BCUT2D eigenvalue weighted by atomic mass is 10.0. The molecule has 27 heavy (non-hydrogen) atoms. The minimum absolute atomic E-state index is 0.255. The summed E-state index contributed by atoms with van der Waals surface area (Å²) in [5.41, 5.74) is 2.18. The first-order chi connectivity index (χ1) is 13.1. The van der Waals surface area contributed by atoms with E-state index in [0.717, 1.165) is 37.9 Å². The number of piperazine rings is 1. The summed E-state index contributed by atoms with van der Waals surface area (Å²) in [5, 5.41) is 3.30. The first-order valence-corrected chi connectivity index (χ1v) is 9.04. The number of hydrogen-bond acceptors (Lipinski definition) is 4. The molecule has 0 atom stereocenters. The first-order valence-electron chi connectivity index (χ1n) is 9.04. The smallest absolute Gasteiger partial charge is 0.258 e. The molecular formula is C20H20F2N4O. The van der Waals surface area contributed by atoms with Gasteiger partial charge in [-0.2, -0.15) is 0 Å². The van der Waals surface area contributed by atoms with Crippen molar-refractivity contribution < 1.29 is 8.78 Å². The Labute approximate surface area is 155 Å². The quantitative estimate of drug-likeness (QED) is 0.770. The van der Waals surface area contributed by atoms with Crippen molar-refractivity contribution in [3.63, 3.8) is 0 Å². The van der Waals surface area contributed by atoms with Crippen LogP contribution in [0.2, 0.25) is 0 Å². The molecule has 7 heteroatoms. The summed E-state index contributed by atoms with van der Waals surface area (Å²) >= 11 is 0. The van der Waals surface area contributed by atoms with Gasteiger partial charge in [-0.1, -0.05) is 6.92 Å². The summed E-state index contributed by atoms with van der Waals surface area (Å²) in [4.78, 5) is 19.3. The molecule has 1 N–H and O–H groups in total. The Kier molecular flexibility index (Phi) is 4.61. The Balaban J connectivity index is 1.78. The maximum Gasteiger partial charge on any atom is 0.258 e. The fourth-order valence-electron chi connectivity index (χ4n) is 3.40. The molecule has 2 aromatic heterocycles. The van der Waals surface area contributed by atoms with Crippen LogP contribution in [0.25, 0.3) is 16.9 Å². The SMILES string of the molecule is CCc1cc(-c2cc(=O)n3cc(N4CCNCC4)ccc3n2)cc(F)c1F. The first kappa shape index (κ1) is 17.6. The topological polar surface area (TPSA) is 49.6 Å². The van der Waals surface area contributed by atoms with E-state index in [4.69, 9.17) is 0 Å². The summed E-state index contributed by atoms with van der Waals surface area (Å²) < 4.78 is 29.2. The number of fused-ring (bicyclic) bond motifs is 1. The lowest BCUT2D eigenvalue weighted by Crippen LogP contribution is -2.43. The fourth-order valence-corrected chi connectivity index (χ4v) is 3.40. The molecule has 3 heterocycles. The van der Waals surface area contributed by atoms with Gasteiger partial charge in [-0.3, -0.25) is 9.20 Å². The van der Waals surface area contributed by atoms with Gasteiger partial charge in [0, 0.05) is 44.0 Å². The number of nitrogens with one attached hydrogen (secondary N) is 1. The molecule has 0 amide bonds. The summed E-state index contributed by atoms with van der Waals surface area (Å²) in [6, 6.07) is 7.71. The van der Waals surface area contributed by atoms with Crippen molar-refractivity contribution in [2.45, 2.75) is 13.3 Å². The average molecular weight is 370 g/mol.